The van der Waals surface area contributed by atoms with Crippen molar-refractivity contribution in [3.05, 3.63) is 68.1 Å². The molecule has 0 fully saturated rings. The molecule has 0 radical (unpaired) electrons. The molecule has 1 heterocycles. The molecule has 0 saturated heterocycles. The Balaban J connectivity index is 2.24. The number of hydrogen-bond acceptors (Lipinski definition) is 2. The third kappa shape index (κ3) is 3.84. The minimum atomic E-state index is -4.52. The average molecular weight is 338 g/mol. The number of carbonyl (C=O) groups is 1. The zero-order valence-electron chi connectivity index (χ0n) is 13.5. The van der Waals surface area contributed by atoms with E-state index in [1.165, 1.54) is 6.07 Å². The van der Waals surface area contributed by atoms with Crippen LogP contribution in [-0.4, -0.2) is 10.9 Å². The fraction of sp³-hybridized carbons (Fsp3) is 0.294. The first-order valence-electron chi connectivity index (χ1n) is 7.25. The second kappa shape index (κ2) is 6.51. The van der Waals surface area contributed by atoms with Gasteiger partial charge in [-0.05, 0) is 50.1 Å². The van der Waals surface area contributed by atoms with Gasteiger partial charge in [0.15, 0.2) is 0 Å². The number of amides is 1. The van der Waals surface area contributed by atoms with E-state index in [9.17, 15) is 22.8 Å². The number of hydrogen-bond donors (Lipinski definition) is 2. The fourth-order valence-corrected chi connectivity index (χ4v) is 2.41. The van der Waals surface area contributed by atoms with E-state index in [1.807, 2.05) is 0 Å². The Morgan fingerprint density at radius 2 is 1.79 bits per heavy atom. The summed E-state index contributed by atoms with van der Waals surface area (Å²) in [5, 5.41) is 2.51. The van der Waals surface area contributed by atoms with Crippen LogP contribution in [0.4, 0.5) is 13.2 Å². The maximum Gasteiger partial charge on any atom is 0.416 e. The lowest BCUT2D eigenvalue weighted by atomic mass is 10.0. The highest BCUT2D eigenvalue weighted by Gasteiger charge is 2.31. The number of halogens is 3. The van der Waals surface area contributed by atoms with Crippen molar-refractivity contribution in [1.29, 1.82) is 0 Å². The van der Waals surface area contributed by atoms with E-state index in [-0.39, 0.29) is 17.7 Å². The number of aromatic amines is 1. The number of benzene rings is 1. The number of aryl methyl sites for hydroxylation is 3. The number of alkyl halides is 3. The van der Waals surface area contributed by atoms with E-state index in [2.05, 4.69) is 10.3 Å². The molecule has 0 unspecified atom stereocenters. The van der Waals surface area contributed by atoms with Gasteiger partial charge < -0.3 is 10.3 Å². The van der Waals surface area contributed by atoms with E-state index in [1.54, 1.807) is 26.8 Å². The first-order chi connectivity index (χ1) is 11.1. The predicted octanol–water partition coefficient (Wildman–Crippen LogP) is 3.25. The Morgan fingerprint density at radius 3 is 2.38 bits per heavy atom. The smallest absolute Gasteiger partial charge is 0.348 e. The highest BCUT2D eigenvalue weighted by atomic mass is 19.4. The number of aromatic nitrogens is 1. The number of carbonyl (C=O) groups excluding carboxylic acids is 1. The largest absolute Gasteiger partial charge is 0.416 e. The van der Waals surface area contributed by atoms with Gasteiger partial charge in [-0.3, -0.25) is 9.59 Å². The molecule has 1 aromatic carbocycles. The van der Waals surface area contributed by atoms with Gasteiger partial charge in [0.25, 0.3) is 11.5 Å². The van der Waals surface area contributed by atoms with Gasteiger partial charge in [-0.1, -0.05) is 6.07 Å². The minimum Gasteiger partial charge on any atom is -0.348 e. The molecule has 0 aliphatic heterocycles. The fourth-order valence-electron chi connectivity index (χ4n) is 2.41. The van der Waals surface area contributed by atoms with Crippen molar-refractivity contribution in [3.8, 4) is 0 Å². The highest BCUT2D eigenvalue weighted by molar-refractivity contribution is 5.95. The van der Waals surface area contributed by atoms with Crippen LogP contribution in [0.3, 0.4) is 0 Å². The minimum absolute atomic E-state index is 0.0596. The number of nitrogens with one attached hydrogen (secondary N) is 2. The molecule has 128 valence electrons. The van der Waals surface area contributed by atoms with Crippen LogP contribution in [0.5, 0.6) is 0 Å². The molecular weight excluding hydrogens is 321 g/mol. The summed E-state index contributed by atoms with van der Waals surface area (Å²) in [7, 11) is 0. The third-order valence-corrected chi connectivity index (χ3v) is 3.73. The van der Waals surface area contributed by atoms with Crippen LogP contribution in [0, 0.1) is 20.8 Å². The number of rotatable bonds is 3. The molecule has 1 amide bonds. The monoisotopic (exact) mass is 338 g/mol. The molecule has 24 heavy (non-hydrogen) atoms. The molecule has 0 atom stereocenters. The molecule has 0 bridgehead atoms. The van der Waals surface area contributed by atoms with Gasteiger partial charge >= 0.3 is 6.18 Å². The Bertz CT molecular complexity index is 839. The summed E-state index contributed by atoms with van der Waals surface area (Å²) in [6.45, 7) is 4.97. The zero-order valence-corrected chi connectivity index (χ0v) is 13.5. The Kier molecular flexibility index (Phi) is 4.82. The SMILES string of the molecule is Cc1cc(C)c(CNC(=O)c2cc(C(F)(F)F)ccc2C)c(=O)[nH]1. The average Bonchev–Trinajstić information content (AvgIpc) is 2.45. The first kappa shape index (κ1) is 17.8. The lowest BCUT2D eigenvalue weighted by Crippen LogP contribution is -2.28. The summed E-state index contributed by atoms with van der Waals surface area (Å²) in [4.78, 5) is 26.8. The quantitative estimate of drug-likeness (QED) is 0.902. The van der Waals surface area contributed by atoms with Crippen molar-refractivity contribution in [1.82, 2.24) is 10.3 Å². The topological polar surface area (TPSA) is 62.0 Å². The standard InChI is InChI=1S/C17H17F3N2O2/c1-9-4-5-12(17(18,19)20)7-13(9)15(23)21-8-14-10(2)6-11(3)22-16(14)24/h4-7H,8H2,1-3H3,(H,21,23)(H,22,24). The van der Waals surface area contributed by atoms with Crippen LogP contribution in [0.2, 0.25) is 0 Å². The van der Waals surface area contributed by atoms with E-state index >= 15 is 0 Å². The molecule has 0 aliphatic carbocycles. The van der Waals surface area contributed by atoms with E-state index in [0.29, 0.717) is 22.4 Å². The van der Waals surface area contributed by atoms with Gasteiger partial charge in [0.1, 0.15) is 0 Å². The summed E-state index contributed by atoms with van der Waals surface area (Å²) >= 11 is 0. The normalized spacial score (nSPS) is 11.4. The molecule has 7 heteroatoms. The summed E-state index contributed by atoms with van der Waals surface area (Å²) in [5.41, 5.74) is 0.925. The van der Waals surface area contributed by atoms with Crippen LogP contribution in [0.15, 0.2) is 29.1 Å². The van der Waals surface area contributed by atoms with Gasteiger partial charge in [-0.25, -0.2) is 0 Å². The molecule has 4 nitrogen and oxygen atoms in total. The second-order valence-corrected chi connectivity index (χ2v) is 5.65. The summed E-state index contributed by atoms with van der Waals surface area (Å²) in [5.74, 6) is -0.655. The Labute approximate surface area is 136 Å². The third-order valence-electron chi connectivity index (χ3n) is 3.73. The number of pyridine rings is 1. The van der Waals surface area contributed by atoms with E-state index in [4.69, 9.17) is 0 Å². The molecule has 0 aliphatic rings. The van der Waals surface area contributed by atoms with Crippen molar-refractivity contribution in [3.63, 3.8) is 0 Å². The van der Waals surface area contributed by atoms with Crippen LogP contribution in [0.1, 0.15) is 38.3 Å². The predicted molar refractivity (Wildman–Crippen MR) is 83.9 cm³/mol. The van der Waals surface area contributed by atoms with Crippen molar-refractivity contribution >= 4 is 5.91 Å². The summed E-state index contributed by atoms with van der Waals surface area (Å²) < 4.78 is 38.3. The highest BCUT2D eigenvalue weighted by Crippen LogP contribution is 2.30. The second-order valence-electron chi connectivity index (χ2n) is 5.65. The molecule has 0 spiro atoms. The molecule has 1 aromatic heterocycles. The van der Waals surface area contributed by atoms with E-state index in [0.717, 1.165) is 12.1 Å². The van der Waals surface area contributed by atoms with Crippen LogP contribution in [-0.2, 0) is 12.7 Å². The van der Waals surface area contributed by atoms with Gasteiger partial charge in [0.2, 0.25) is 0 Å². The van der Waals surface area contributed by atoms with Crippen molar-refractivity contribution in [2.24, 2.45) is 0 Å². The first-order valence-corrected chi connectivity index (χ1v) is 7.25. The maximum absolute atomic E-state index is 12.8. The molecule has 2 rings (SSSR count). The Hall–Kier alpha value is -2.57. The number of H-pyrrole nitrogens is 1. The molecular formula is C17H17F3N2O2. The van der Waals surface area contributed by atoms with Gasteiger partial charge in [0, 0.05) is 23.4 Å². The molecule has 2 N–H and O–H groups in total. The molecule has 2 aromatic rings. The van der Waals surface area contributed by atoms with Crippen molar-refractivity contribution in [2.45, 2.75) is 33.5 Å². The van der Waals surface area contributed by atoms with Gasteiger partial charge in [-0.15, -0.1) is 0 Å². The van der Waals surface area contributed by atoms with Crippen LogP contribution < -0.4 is 10.9 Å². The lowest BCUT2D eigenvalue weighted by Gasteiger charge is -2.12. The summed E-state index contributed by atoms with van der Waals surface area (Å²) in [6, 6.07) is 4.76. The van der Waals surface area contributed by atoms with Crippen molar-refractivity contribution < 1.29 is 18.0 Å². The maximum atomic E-state index is 12.8. The van der Waals surface area contributed by atoms with Gasteiger partial charge in [-0.2, -0.15) is 13.2 Å². The lowest BCUT2D eigenvalue weighted by molar-refractivity contribution is -0.137. The van der Waals surface area contributed by atoms with Crippen LogP contribution in [0.25, 0.3) is 0 Å². The molecule has 0 saturated carbocycles. The van der Waals surface area contributed by atoms with E-state index < -0.39 is 17.6 Å². The van der Waals surface area contributed by atoms with Gasteiger partial charge in [0.05, 0.1) is 5.56 Å². The zero-order chi connectivity index (χ0) is 18.1. The van der Waals surface area contributed by atoms with Crippen molar-refractivity contribution in [2.75, 3.05) is 0 Å². The van der Waals surface area contributed by atoms with Crippen LogP contribution >= 0.6 is 0 Å². The Morgan fingerprint density at radius 1 is 1.12 bits per heavy atom. The summed E-state index contributed by atoms with van der Waals surface area (Å²) in [6.07, 6.45) is -4.52.